The second-order valence-corrected chi connectivity index (χ2v) is 3.69. The minimum Gasteiger partial charge on any atom is -0.355 e. The number of nitrogens with zero attached hydrogens (tertiary/aromatic N) is 2. The first-order valence-corrected chi connectivity index (χ1v) is 5.45. The van der Waals surface area contributed by atoms with Gasteiger partial charge in [0.05, 0.1) is 6.54 Å². The molecule has 0 fully saturated rings. The topological polar surface area (TPSA) is 29.0 Å². The number of para-hydroxylation sites is 2. The van der Waals surface area contributed by atoms with Crippen molar-refractivity contribution in [2.45, 2.75) is 33.0 Å². The largest absolute Gasteiger partial charge is 0.355 e. The number of aryl methyl sites for hydroxylation is 1. The quantitative estimate of drug-likeness (QED) is 0.761. The molecule has 0 saturated heterocycles. The average Bonchev–Trinajstić information content (AvgIpc) is 2.67. The maximum atomic E-state index is 9.89. The molecule has 0 bridgehead atoms. The van der Waals surface area contributed by atoms with Crippen molar-refractivity contribution < 1.29 is 9.67 Å². The van der Waals surface area contributed by atoms with E-state index in [4.69, 9.17) is 0 Å². The summed E-state index contributed by atoms with van der Waals surface area (Å²) in [5.41, 5.74) is 2.27. The molecule has 15 heavy (non-hydrogen) atoms. The number of rotatable bonds is 3. The number of aliphatic hydroxyl groups excluding tert-OH is 1. The van der Waals surface area contributed by atoms with E-state index in [0.717, 1.165) is 18.5 Å². The lowest BCUT2D eigenvalue weighted by Crippen LogP contribution is -2.30. The lowest BCUT2D eigenvalue weighted by Gasteiger charge is -2.02. The molecule has 1 heterocycles. The fraction of sp³-hybridized carbons (Fsp3) is 0.417. The summed E-state index contributed by atoms with van der Waals surface area (Å²) in [7, 11) is 0. The molecule has 0 aliphatic heterocycles. The zero-order valence-corrected chi connectivity index (χ0v) is 9.22. The van der Waals surface area contributed by atoms with E-state index in [2.05, 4.69) is 17.6 Å². The molecule has 2 rings (SSSR count). The van der Waals surface area contributed by atoms with Gasteiger partial charge in [0.2, 0.25) is 6.33 Å². The van der Waals surface area contributed by atoms with Gasteiger partial charge >= 0.3 is 0 Å². The SMILES string of the molecule is CCC(O)n1c[n+](CC)c2ccccc21. The third-order valence-corrected chi connectivity index (χ3v) is 2.76. The summed E-state index contributed by atoms with van der Waals surface area (Å²) >= 11 is 0. The van der Waals surface area contributed by atoms with Gasteiger partial charge in [-0.1, -0.05) is 19.1 Å². The minimum atomic E-state index is -0.428. The molecule has 1 aromatic heterocycles. The van der Waals surface area contributed by atoms with Crippen molar-refractivity contribution in [2.24, 2.45) is 0 Å². The molecule has 2 aromatic rings. The van der Waals surface area contributed by atoms with Crippen LogP contribution in [0.2, 0.25) is 0 Å². The van der Waals surface area contributed by atoms with E-state index in [-0.39, 0.29) is 0 Å². The van der Waals surface area contributed by atoms with Gasteiger partial charge in [-0.15, -0.1) is 0 Å². The lowest BCUT2D eigenvalue weighted by molar-refractivity contribution is -0.669. The Morgan fingerprint density at radius 2 is 2.07 bits per heavy atom. The fourth-order valence-corrected chi connectivity index (χ4v) is 1.89. The van der Waals surface area contributed by atoms with Crippen LogP contribution in [0.3, 0.4) is 0 Å². The standard InChI is InChI=1S/C12H17N2O/c1-3-12(15)14-9-13(4-2)10-7-5-6-8-11(10)14/h5-9,12,15H,3-4H2,1-2H3/q+1. The van der Waals surface area contributed by atoms with Crippen molar-refractivity contribution in [2.75, 3.05) is 0 Å². The predicted molar refractivity (Wildman–Crippen MR) is 59.4 cm³/mol. The molecule has 3 nitrogen and oxygen atoms in total. The zero-order valence-electron chi connectivity index (χ0n) is 9.22. The van der Waals surface area contributed by atoms with Gasteiger partial charge in [-0.05, 0) is 19.1 Å². The smallest absolute Gasteiger partial charge is 0.246 e. The summed E-state index contributed by atoms with van der Waals surface area (Å²) in [4.78, 5) is 0. The first-order valence-electron chi connectivity index (χ1n) is 5.45. The molecular formula is C12H17N2O+. The lowest BCUT2D eigenvalue weighted by atomic mass is 10.3. The van der Waals surface area contributed by atoms with Crippen molar-refractivity contribution in [3.63, 3.8) is 0 Å². The molecule has 1 N–H and O–H groups in total. The van der Waals surface area contributed by atoms with E-state index in [1.165, 1.54) is 5.52 Å². The highest BCUT2D eigenvalue weighted by Gasteiger charge is 2.18. The average molecular weight is 205 g/mol. The normalized spacial score (nSPS) is 13.3. The Morgan fingerprint density at radius 3 is 2.73 bits per heavy atom. The zero-order chi connectivity index (χ0) is 10.8. The van der Waals surface area contributed by atoms with Gasteiger partial charge in [0.1, 0.15) is 0 Å². The fourth-order valence-electron chi connectivity index (χ4n) is 1.89. The van der Waals surface area contributed by atoms with Crippen molar-refractivity contribution in [3.05, 3.63) is 30.6 Å². The van der Waals surface area contributed by atoms with Gasteiger partial charge in [-0.25, -0.2) is 9.13 Å². The van der Waals surface area contributed by atoms with Gasteiger partial charge in [-0.2, -0.15) is 0 Å². The molecule has 1 atom stereocenters. The summed E-state index contributed by atoms with van der Waals surface area (Å²) < 4.78 is 4.08. The number of aliphatic hydroxyl groups is 1. The van der Waals surface area contributed by atoms with Crippen LogP contribution in [-0.2, 0) is 6.54 Å². The molecule has 0 amide bonds. The minimum absolute atomic E-state index is 0.428. The molecule has 3 heteroatoms. The number of benzene rings is 1. The van der Waals surface area contributed by atoms with E-state index in [1.54, 1.807) is 0 Å². The van der Waals surface area contributed by atoms with Crippen LogP contribution < -0.4 is 4.57 Å². The Morgan fingerprint density at radius 1 is 1.33 bits per heavy atom. The summed E-state index contributed by atoms with van der Waals surface area (Å²) in [5, 5.41) is 9.89. The number of hydrogen-bond donors (Lipinski definition) is 1. The molecule has 0 radical (unpaired) electrons. The summed E-state index contributed by atoms with van der Waals surface area (Å²) in [6, 6.07) is 8.15. The van der Waals surface area contributed by atoms with Gasteiger partial charge in [0.15, 0.2) is 17.3 Å². The van der Waals surface area contributed by atoms with E-state index in [1.807, 2.05) is 36.0 Å². The first-order chi connectivity index (χ1) is 7.27. The van der Waals surface area contributed by atoms with Crippen molar-refractivity contribution in [1.82, 2.24) is 4.57 Å². The Kier molecular flexibility index (Phi) is 2.73. The van der Waals surface area contributed by atoms with Gasteiger partial charge in [-0.3, -0.25) is 0 Å². The second-order valence-electron chi connectivity index (χ2n) is 3.69. The molecule has 1 unspecified atom stereocenters. The third kappa shape index (κ3) is 1.63. The molecule has 0 saturated carbocycles. The van der Waals surface area contributed by atoms with Crippen LogP contribution in [0, 0.1) is 0 Å². The predicted octanol–water partition coefficient (Wildman–Crippen LogP) is 1.85. The number of imidazole rings is 1. The maximum Gasteiger partial charge on any atom is 0.246 e. The summed E-state index contributed by atoms with van der Waals surface area (Å²) in [5.74, 6) is 0. The number of fused-ring (bicyclic) bond motifs is 1. The van der Waals surface area contributed by atoms with Gasteiger partial charge in [0.25, 0.3) is 0 Å². The Hall–Kier alpha value is -1.35. The third-order valence-electron chi connectivity index (χ3n) is 2.76. The Balaban J connectivity index is 2.65. The van der Waals surface area contributed by atoms with Crippen molar-refractivity contribution in [1.29, 1.82) is 0 Å². The molecule has 0 aliphatic carbocycles. The van der Waals surface area contributed by atoms with E-state index >= 15 is 0 Å². The van der Waals surface area contributed by atoms with Crippen LogP contribution in [0.5, 0.6) is 0 Å². The van der Waals surface area contributed by atoms with Crippen LogP contribution in [0.25, 0.3) is 11.0 Å². The van der Waals surface area contributed by atoms with E-state index in [9.17, 15) is 5.11 Å². The summed E-state index contributed by atoms with van der Waals surface area (Å²) in [6.07, 6.45) is 2.28. The highest BCUT2D eigenvalue weighted by atomic mass is 16.3. The monoisotopic (exact) mass is 205 g/mol. The highest BCUT2D eigenvalue weighted by molar-refractivity contribution is 5.71. The molecule has 0 aliphatic rings. The Labute approximate surface area is 89.6 Å². The van der Waals surface area contributed by atoms with Crippen molar-refractivity contribution in [3.8, 4) is 0 Å². The Bertz CT molecular complexity index is 462. The highest BCUT2D eigenvalue weighted by Crippen LogP contribution is 2.16. The molecule has 80 valence electrons. The molecule has 1 aromatic carbocycles. The van der Waals surface area contributed by atoms with Crippen LogP contribution in [0.1, 0.15) is 26.5 Å². The van der Waals surface area contributed by atoms with Gasteiger partial charge in [0, 0.05) is 6.42 Å². The maximum absolute atomic E-state index is 9.89. The summed E-state index contributed by atoms with van der Waals surface area (Å²) in [6.45, 7) is 5.01. The molecule has 0 spiro atoms. The second kappa shape index (κ2) is 4.03. The van der Waals surface area contributed by atoms with Crippen LogP contribution in [-0.4, -0.2) is 9.67 Å². The van der Waals surface area contributed by atoms with Crippen LogP contribution >= 0.6 is 0 Å². The number of hydrogen-bond acceptors (Lipinski definition) is 1. The van der Waals surface area contributed by atoms with Gasteiger partial charge < -0.3 is 5.11 Å². The number of aromatic nitrogens is 2. The van der Waals surface area contributed by atoms with Crippen molar-refractivity contribution >= 4 is 11.0 Å². The van der Waals surface area contributed by atoms with E-state index < -0.39 is 6.23 Å². The first kappa shape index (κ1) is 10.2. The van der Waals surface area contributed by atoms with Crippen LogP contribution in [0.4, 0.5) is 0 Å². The van der Waals surface area contributed by atoms with Crippen LogP contribution in [0.15, 0.2) is 30.6 Å². The van der Waals surface area contributed by atoms with E-state index in [0.29, 0.717) is 0 Å². The molecular weight excluding hydrogens is 188 g/mol.